The maximum Gasteiger partial charge on any atom is 0.328 e. The molecule has 2 saturated heterocycles. The Balaban J connectivity index is 1.75. The van der Waals surface area contributed by atoms with Crippen LogP contribution >= 0.6 is 24.2 Å². The summed E-state index contributed by atoms with van der Waals surface area (Å²) in [6, 6.07) is 2.67. The van der Waals surface area contributed by atoms with Crippen LogP contribution in [0.1, 0.15) is 72.3 Å². The number of thiol groups is 1. The van der Waals surface area contributed by atoms with Gasteiger partial charge in [-0.2, -0.15) is 12.6 Å². The lowest BCUT2D eigenvalue weighted by Crippen LogP contribution is -2.61. The number of nitrogens with one attached hydrogen (secondary N) is 1. The Morgan fingerprint density at radius 1 is 1.23 bits per heavy atom. The number of halogens is 1. The van der Waals surface area contributed by atoms with Gasteiger partial charge in [0.25, 0.3) is 0 Å². The number of benzene rings is 1. The molecule has 0 saturated carbocycles. The Labute approximate surface area is 317 Å². The van der Waals surface area contributed by atoms with E-state index < -0.39 is 47.6 Å². The SMILES string of the molecule is COc1cc2cc(c1Cl)N(C)C(=O)CC(OC(=O)C(C)N(C)C(=O)CCC(C)S)C1(C)OC1C(C)C1CC(=O)NC(O)(C1)C(OC)/C=C/C=C(\C)C2. The van der Waals surface area contributed by atoms with E-state index >= 15 is 0 Å². The molecule has 2 fully saturated rings. The monoisotopic (exact) mass is 763 g/mol. The van der Waals surface area contributed by atoms with Gasteiger partial charge in [0.2, 0.25) is 17.7 Å². The highest BCUT2D eigenvalue weighted by molar-refractivity contribution is 7.80. The number of hydrogen-bond acceptors (Lipinski definition) is 10. The van der Waals surface area contributed by atoms with Gasteiger partial charge in [-0.15, -0.1) is 0 Å². The van der Waals surface area contributed by atoms with E-state index in [2.05, 4.69) is 17.9 Å². The molecule has 3 aliphatic heterocycles. The Hall–Kier alpha value is -3.10. The number of carbonyl (C=O) groups is 4. The minimum absolute atomic E-state index is 0.0166. The molecule has 4 bridgehead atoms. The van der Waals surface area contributed by atoms with Crippen LogP contribution in [0.15, 0.2) is 35.9 Å². The predicted molar refractivity (Wildman–Crippen MR) is 201 cm³/mol. The van der Waals surface area contributed by atoms with Crippen LogP contribution in [0.2, 0.25) is 5.02 Å². The molecule has 1 aromatic rings. The van der Waals surface area contributed by atoms with E-state index in [9.17, 15) is 24.3 Å². The molecule has 0 spiro atoms. The number of piperidine rings is 1. The topological polar surface area (TPSA) is 147 Å². The number of allylic oxidation sites excluding steroid dienone is 3. The average molecular weight is 764 g/mol. The van der Waals surface area contributed by atoms with Crippen molar-refractivity contribution in [1.29, 1.82) is 0 Å². The minimum Gasteiger partial charge on any atom is -0.495 e. The molecule has 3 aliphatic rings. The molecule has 3 heterocycles. The van der Waals surface area contributed by atoms with Crippen molar-refractivity contribution in [2.75, 3.05) is 33.2 Å². The largest absolute Gasteiger partial charge is 0.495 e. The van der Waals surface area contributed by atoms with Crippen LogP contribution in [0, 0.1) is 11.8 Å². The highest BCUT2D eigenvalue weighted by Gasteiger charge is 2.64. The average Bonchev–Trinajstić information content (AvgIpc) is 3.79. The van der Waals surface area contributed by atoms with Gasteiger partial charge in [0, 0.05) is 40.5 Å². The van der Waals surface area contributed by atoms with Gasteiger partial charge in [-0.25, -0.2) is 4.79 Å². The maximum atomic E-state index is 14.1. The van der Waals surface area contributed by atoms with Gasteiger partial charge in [0.05, 0.1) is 25.3 Å². The number of aliphatic hydroxyl groups is 1. The summed E-state index contributed by atoms with van der Waals surface area (Å²) in [5.41, 5.74) is -0.639. The Bertz CT molecular complexity index is 1590. The summed E-state index contributed by atoms with van der Waals surface area (Å²) in [4.78, 5) is 56.5. The van der Waals surface area contributed by atoms with Crippen molar-refractivity contribution >= 4 is 53.6 Å². The van der Waals surface area contributed by atoms with E-state index in [1.54, 1.807) is 46.2 Å². The summed E-state index contributed by atoms with van der Waals surface area (Å²) in [6.07, 6.45) is 4.19. The second-order valence-corrected chi connectivity index (χ2v) is 16.0. The second kappa shape index (κ2) is 16.9. The third kappa shape index (κ3) is 9.33. The number of rotatable bonds is 8. The lowest BCUT2D eigenvalue weighted by Gasteiger charge is -2.42. The first-order valence-electron chi connectivity index (χ1n) is 17.7. The summed E-state index contributed by atoms with van der Waals surface area (Å²) >= 11 is 11.1. The van der Waals surface area contributed by atoms with Crippen molar-refractivity contribution < 1.29 is 43.2 Å². The molecule has 12 nitrogen and oxygen atoms in total. The molecule has 52 heavy (non-hydrogen) atoms. The van der Waals surface area contributed by atoms with Crippen molar-refractivity contribution in [1.82, 2.24) is 10.2 Å². The van der Waals surface area contributed by atoms with E-state index in [0.717, 1.165) is 11.1 Å². The number of hydrogen-bond donors (Lipinski definition) is 3. The van der Waals surface area contributed by atoms with E-state index in [4.69, 9.17) is 30.5 Å². The number of esters is 1. The summed E-state index contributed by atoms with van der Waals surface area (Å²) in [5.74, 6) is -1.91. The van der Waals surface area contributed by atoms with Crippen molar-refractivity contribution in [2.45, 2.75) is 114 Å². The zero-order valence-corrected chi connectivity index (χ0v) is 33.3. The van der Waals surface area contributed by atoms with Crippen LogP contribution in [-0.4, -0.2) is 103 Å². The molecule has 0 aliphatic carbocycles. The first kappa shape index (κ1) is 41.7. The molecule has 1 aromatic carbocycles. The fraction of sp³-hybridized carbons (Fsp3) is 0.632. The maximum absolute atomic E-state index is 14.1. The van der Waals surface area contributed by atoms with Gasteiger partial charge >= 0.3 is 5.97 Å². The number of methoxy groups -OCH3 is 2. The lowest BCUT2D eigenvalue weighted by molar-refractivity contribution is -0.162. The molecule has 2 N–H and O–H groups in total. The number of carbonyl (C=O) groups excluding carboxylic acids is 4. The van der Waals surface area contributed by atoms with E-state index in [1.807, 2.05) is 32.9 Å². The summed E-state index contributed by atoms with van der Waals surface area (Å²) in [6.45, 7) is 9.11. The van der Waals surface area contributed by atoms with Crippen LogP contribution < -0.4 is 15.0 Å². The number of anilines is 1. The van der Waals surface area contributed by atoms with Crippen molar-refractivity contribution in [2.24, 2.45) is 11.8 Å². The molecule has 4 rings (SSSR count). The highest BCUT2D eigenvalue weighted by Crippen LogP contribution is 2.50. The number of likely N-dealkylation sites (N-methyl/N-ethyl adjacent to an activating group) is 1. The highest BCUT2D eigenvalue weighted by atomic mass is 35.5. The summed E-state index contributed by atoms with van der Waals surface area (Å²) in [7, 11) is 6.11. The number of fused-ring (bicyclic) bond motifs is 5. The van der Waals surface area contributed by atoms with Crippen LogP contribution in [-0.2, 0) is 39.8 Å². The predicted octanol–water partition coefficient (Wildman–Crippen LogP) is 4.64. The number of amides is 3. The van der Waals surface area contributed by atoms with Gasteiger partial charge in [-0.3, -0.25) is 14.4 Å². The molecular weight excluding hydrogens is 710 g/mol. The second-order valence-electron chi connectivity index (χ2n) is 14.7. The third-order valence-corrected chi connectivity index (χ3v) is 11.4. The van der Waals surface area contributed by atoms with Crippen molar-refractivity contribution in [3.63, 3.8) is 0 Å². The molecule has 0 aromatic heterocycles. The van der Waals surface area contributed by atoms with Gasteiger partial charge in [-0.1, -0.05) is 49.2 Å². The minimum atomic E-state index is -1.70. The Kier molecular flexibility index (Phi) is 13.6. The van der Waals surface area contributed by atoms with Crippen LogP contribution in [0.5, 0.6) is 5.75 Å². The molecule has 288 valence electrons. The molecule has 14 heteroatoms. The Morgan fingerprint density at radius 3 is 2.56 bits per heavy atom. The molecule has 9 unspecified atom stereocenters. The van der Waals surface area contributed by atoms with Crippen molar-refractivity contribution in [3.05, 3.63) is 46.5 Å². The van der Waals surface area contributed by atoms with Gasteiger partial charge in [0.1, 0.15) is 34.6 Å². The van der Waals surface area contributed by atoms with Gasteiger partial charge in [-0.05, 0) is 68.4 Å². The summed E-state index contributed by atoms with van der Waals surface area (Å²) < 4.78 is 23.7. The van der Waals surface area contributed by atoms with Gasteiger partial charge < -0.3 is 39.2 Å². The number of nitrogens with zero attached hydrogens (tertiary/aromatic N) is 2. The standard InChI is InChI=1S/C38H54ClN3O9S/c1-21-11-10-12-29(49-9)38(47)20-26(18-31(43)40-38)23(3)35-37(5,51-35)30(50-36(46)24(4)41(6)32(44)14-13-22(2)52)19-33(45)42(7)27-16-25(15-21)17-28(48-8)34(27)39/h10-12,16-17,22-24,26,29-30,35,47,52H,13-15,18-20H2,1-9H3,(H,40,43)/b12-10+,21-11+. The molecule has 9 atom stereocenters. The fourth-order valence-electron chi connectivity index (χ4n) is 7.17. The fourth-order valence-corrected chi connectivity index (χ4v) is 7.61. The zero-order valence-electron chi connectivity index (χ0n) is 31.6. The van der Waals surface area contributed by atoms with E-state index in [1.165, 1.54) is 24.0 Å². The Morgan fingerprint density at radius 2 is 1.92 bits per heavy atom. The van der Waals surface area contributed by atoms with Crippen molar-refractivity contribution in [3.8, 4) is 5.75 Å². The first-order valence-corrected chi connectivity index (χ1v) is 18.6. The van der Waals surface area contributed by atoms with Crippen LogP contribution in [0.3, 0.4) is 0 Å². The normalized spacial score (nSPS) is 32.3. The summed E-state index contributed by atoms with van der Waals surface area (Å²) in [5, 5.41) is 14.8. The zero-order chi connectivity index (χ0) is 38.7. The third-order valence-electron chi connectivity index (χ3n) is 10.7. The smallest absolute Gasteiger partial charge is 0.328 e. The lowest BCUT2D eigenvalue weighted by atomic mass is 9.75. The molecular formula is C38H54ClN3O9S. The first-order chi connectivity index (χ1) is 24.3. The van der Waals surface area contributed by atoms with Gasteiger partial charge in [0.15, 0.2) is 5.72 Å². The van der Waals surface area contributed by atoms with Crippen LogP contribution in [0.4, 0.5) is 5.69 Å². The quantitative estimate of drug-likeness (QED) is 0.196. The molecule has 0 radical (unpaired) electrons. The van der Waals surface area contributed by atoms with E-state index in [-0.39, 0.29) is 59.6 Å². The molecule has 3 amide bonds. The van der Waals surface area contributed by atoms with E-state index in [0.29, 0.717) is 24.3 Å². The number of epoxide rings is 1. The van der Waals surface area contributed by atoms with Crippen LogP contribution in [0.25, 0.3) is 0 Å². The number of ether oxygens (including phenoxy) is 4.